The van der Waals surface area contributed by atoms with Gasteiger partial charge in [0.2, 0.25) is 0 Å². The Bertz CT molecular complexity index is 637. The summed E-state index contributed by atoms with van der Waals surface area (Å²) in [4.78, 5) is 23.4. The molecule has 8 atom stereocenters. The fourth-order valence-corrected chi connectivity index (χ4v) is 8.29. The Kier molecular flexibility index (Phi) is 4.48. The lowest BCUT2D eigenvalue weighted by Gasteiger charge is -2.64. The first kappa shape index (κ1) is 19.1. The molecule has 4 aliphatic rings. The summed E-state index contributed by atoms with van der Waals surface area (Å²) >= 11 is 14.2. The first-order valence-corrected chi connectivity index (χ1v) is 11.0. The van der Waals surface area contributed by atoms with E-state index in [0.29, 0.717) is 30.0 Å². The highest BCUT2D eigenvalue weighted by Gasteiger charge is 2.67. The van der Waals surface area contributed by atoms with Gasteiger partial charge in [-0.3, -0.25) is 9.59 Å². The van der Waals surface area contributed by atoms with E-state index in [1.54, 1.807) is 0 Å². The van der Waals surface area contributed by atoms with E-state index in [4.69, 9.17) is 27.9 Å². The fraction of sp³-hybridized carbons (Fsp3) is 0.905. The van der Waals surface area contributed by atoms with Crippen molar-refractivity contribution >= 4 is 35.0 Å². The van der Waals surface area contributed by atoms with Crippen LogP contribution in [0.5, 0.6) is 0 Å². The molecule has 4 saturated carbocycles. The van der Waals surface area contributed by atoms with Crippen LogP contribution in [0.15, 0.2) is 0 Å². The van der Waals surface area contributed by atoms with Gasteiger partial charge in [0.1, 0.15) is 11.9 Å². The van der Waals surface area contributed by atoms with Gasteiger partial charge >= 0.3 is 5.97 Å². The molecule has 146 valence electrons. The van der Waals surface area contributed by atoms with Crippen molar-refractivity contribution in [1.29, 1.82) is 0 Å². The van der Waals surface area contributed by atoms with Crippen molar-refractivity contribution in [3.8, 4) is 0 Å². The number of ketones is 1. The molecule has 5 heteroatoms. The second-order valence-electron chi connectivity index (χ2n) is 9.75. The van der Waals surface area contributed by atoms with Crippen molar-refractivity contribution in [2.24, 2.45) is 28.6 Å². The van der Waals surface area contributed by atoms with Gasteiger partial charge in [0.05, 0.1) is 10.3 Å². The smallest absolute Gasteiger partial charge is 0.302 e. The van der Waals surface area contributed by atoms with Crippen molar-refractivity contribution in [2.75, 3.05) is 0 Å². The van der Waals surface area contributed by atoms with Crippen LogP contribution in [0.3, 0.4) is 0 Å². The number of hydrogen-bond donors (Lipinski definition) is 0. The Hall–Kier alpha value is -0.280. The van der Waals surface area contributed by atoms with E-state index in [-0.39, 0.29) is 28.3 Å². The van der Waals surface area contributed by atoms with Gasteiger partial charge in [0.25, 0.3) is 0 Å². The van der Waals surface area contributed by atoms with Crippen molar-refractivity contribution in [3.05, 3.63) is 0 Å². The lowest BCUT2D eigenvalue weighted by Crippen LogP contribution is -2.65. The van der Waals surface area contributed by atoms with Crippen molar-refractivity contribution in [2.45, 2.75) is 88.5 Å². The van der Waals surface area contributed by atoms with Gasteiger partial charge in [0.15, 0.2) is 0 Å². The fourth-order valence-electron chi connectivity index (χ4n) is 7.25. The van der Waals surface area contributed by atoms with Gasteiger partial charge in [-0.15, -0.1) is 23.2 Å². The minimum atomic E-state index is -0.537. The number of halogens is 2. The second kappa shape index (κ2) is 6.11. The largest absolute Gasteiger partial charge is 0.462 e. The Morgan fingerprint density at radius 1 is 1.15 bits per heavy atom. The highest BCUT2D eigenvalue weighted by Crippen LogP contribution is 2.69. The van der Waals surface area contributed by atoms with Crippen molar-refractivity contribution in [3.63, 3.8) is 0 Å². The molecule has 0 aromatic carbocycles. The zero-order chi connectivity index (χ0) is 18.9. The average Bonchev–Trinajstić information content (AvgIpc) is 2.86. The molecule has 0 amide bonds. The second-order valence-corrected chi connectivity index (χ2v) is 11.0. The molecule has 0 aromatic heterocycles. The normalized spacial score (nSPS) is 53.4. The third-order valence-corrected chi connectivity index (χ3v) is 10.2. The maximum absolute atomic E-state index is 12.6. The summed E-state index contributed by atoms with van der Waals surface area (Å²) in [6.45, 7) is 5.97. The molecule has 0 spiro atoms. The molecular formula is C21H30Cl2O3. The van der Waals surface area contributed by atoms with Crippen molar-refractivity contribution < 1.29 is 14.3 Å². The maximum Gasteiger partial charge on any atom is 0.302 e. The molecule has 0 saturated heterocycles. The Labute approximate surface area is 166 Å². The van der Waals surface area contributed by atoms with E-state index in [2.05, 4.69) is 13.8 Å². The molecule has 4 aliphatic carbocycles. The number of Topliss-reactive ketones (excluding diaryl/α,β-unsaturated/α-hetero) is 1. The lowest BCUT2D eigenvalue weighted by atomic mass is 9.44. The Balaban J connectivity index is 1.65. The third kappa shape index (κ3) is 2.45. The molecule has 0 heterocycles. The van der Waals surface area contributed by atoms with E-state index in [0.717, 1.165) is 44.9 Å². The summed E-state index contributed by atoms with van der Waals surface area (Å²) in [6.07, 6.45) is 6.99. The summed E-state index contributed by atoms with van der Waals surface area (Å²) in [5.41, 5.74) is -0.205. The molecule has 0 N–H and O–H groups in total. The highest BCUT2D eigenvalue weighted by molar-refractivity contribution is 6.33. The molecule has 0 aliphatic heterocycles. The molecule has 4 fully saturated rings. The zero-order valence-corrected chi connectivity index (χ0v) is 17.5. The van der Waals surface area contributed by atoms with Gasteiger partial charge in [0, 0.05) is 25.2 Å². The third-order valence-electron chi connectivity index (χ3n) is 8.73. The van der Waals surface area contributed by atoms with Crippen LogP contribution < -0.4 is 0 Å². The Morgan fingerprint density at radius 2 is 1.88 bits per heavy atom. The number of carbonyl (C=O) groups excluding carboxylic acids is 2. The summed E-state index contributed by atoms with van der Waals surface area (Å²) in [7, 11) is 0. The zero-order valence-electron chi connectivity index (χ0n) is 16.0. The standard InChI is InChI=1S/C21H30Cl2O3/c1-12(24)26-13-6-9-20(3)16-7-8-19(2)15(4-5-18(19)25)14(16)10-17(22)21(20,23)11-13/h13-17H,4-11H2,1-3H3. The van der Waals surface area contributed by atoms with E-state index >= 15 is 0 Å². The van der Waals surface area contributed by atoms with E-state index in [1.165, 1.54) is 6.92 Å². The molecule has 3 nitrogen and oxygen atoms in total. The summed E-state index contributed by atoms with van der Waals surface area (Å²) in [5, 5.41) is -0.146. The monoisotopic (exact) mass is 400 g/mol. The SMILES string of the molecule is CC(=O)OC1CCC2(C)C3CCC4(C)C(=O)CCC4C3CC(Cl)C2(Cl)C1. The van der Waals surface area contributed by atoms with E-state index < -0.39 is 4.87 Å². The van der Waals surface area contributed by atoms with Crippen LogP contribution in [0.4, 0.5) is 0 Å². The van der Waals surface area contributed by atoms with Gasteiger partial charge in [-0.05, 0) is 61.7 Å². The quantitative estimate of drug-likeness (QED) is 0.453. The van der Waals surface area contributed by atoms with E-state index in [9.17, 15) is 9.59 Å². The molecule has 0 aromatic rings. The number of alkyl halides is 2. The van der Waals surface area contributed by atoms with Crippen LogP contribution in [0.25, 0.3) is 0 Å². The predicted octanol–water partition coefficient (Wildman–Crippen LogP) is 5.11. The number of fused-ring (bicyclic) bond motifs is 5. The summed E-state index contributed by atoms with van der Waals surface area (Å²) in [6, 6.07) is 0. The number of hydrogen-bond acceptors (Lipinski definition) is 3. The van der Waals surface area contributed by atoms with Crippen LogP contribution in [0.1, 0.15) is 72.1 Å². The van der Waals surface area contributed by atoms with Crippen LogP contribution in [-0.2, 0) is 14.3 Å². The molecular weight excluding hydrogens is 371 g/mol. The number of esters is 1. The predicted molar refractivity (Wildman–Crippen MR) is 102 cm³/mol. The lowest BCUT2D eigenvalue weighted by molar-refractivity contribution is -0.156. The maximum atomic E-state index is 12.6. The minimum absolute atomic E-state index is 0.0620. The minimum Gasteiger partial charge on any atom is -0.462 e. The van der Waals surface area contributed by atoms with Crippen LogP contribution in [-0.4, -0.2) is 28.1 Å². The van der Waals surface area contributed by atoms with Gasteiger partial charge in [-0.1, -0.05) is 13.8 Å². The summed E-state index contributed by atoms with van der Waals surface area (Å²) in [5.74, 6) is 1.68. The molecule has 8 unspecified atom stereocenters. The molecule has 4 rings (SSSR count). The van der Waals surface area contributed by atoms with Gasteiger partial charge in [-0.25, -0.2) is 0 Å². The molecule has 26 heavy (non-hydrogen) atoms. The molecule has 0 bridgehead atoms. The highest BCUT2D eigenvalue weighted by atomic mass is 35.5. The topological polar surface area (TPSA) is 43.4 Å². The van der Waals surface area contributed by atoms with E-state index in [1.807, 2.05) is 0 Å². The number of ether oxygens (including phenoxy) is 1. The van der Waals surface area contributed by atoms with Crippen LogP contribution in [0, 0.1) is 28.6 Å². The summed E-state index contributed by atoms with van der Waals surface area (Å²) < 4.78 is 5.51. The first-order chi connectivity index (χ1) is 12.1. The van der Waals surface area contributed by atoms with Gasteiger partial charge < -0.3 is 4.74 Å². The van der Waals surface area contributed by atoms with Crippen LogP contribution in [0.2, 0.25) is 0 Å². The number of carbonyl (C=O) groups is 2. The van der Waals surface area contributed by atoms with Crippen LogP contribution >= 0.6 is 23.2 Å². The average molecular weight is 401 g/mol. The first-order valence-electron chi connectivity index (χ1n) is 10.2. The number of rotatable bonds is 1. The molecule has 0 radical (unpaired) electrons. The van der Waals surface area contributed by atoms with Gasteiger partial charge in [-0.2, -0.15) is 0 Å². The van der Waals surface area contributed by atoms with Crippen molar-refractivity contribution in [1.82, 2.24) is 0 Å². The Morgan fingerprint density at radius 3 is 2.58 bits per heavy atom.